The van der Waals surface area contributed by atoms with Crippen LogP contribution < -0.4 is 4.90 Å². The quantitative estimate of drug-likeness (QED) is 0.658. The van der Waals surface area contributed by atoms with Crippen molar-refractivity contribution in [3.63, 3.8) is 0 Å². The Balaban J connectivity index is 0.00000161. The molecule has 108 valence electrons. The van der Waals surface area contributed by atoms with Crippen molar-refractivity contribution in [2.45, 2.75) is 6.92 Å². The van der Waals surface area contributed by atoms with Gasteiger partial charge in [-0.05, 0) is 31.2 Å². The van der Waals surface area contributed by atoms with Gasteiger partial charge in [-0.15, -0.1) is 28.3 Å². The van der Waals surface area contributed by atoms with Crippen LogP contribution in [0.15, 0.2) is 60.1 Å². The molecule has 2 aromatic heterocycles. The molecule has 0 saturated carbocycles. The van der Waals surface area contributed by atoms with Gasteiger partial charge in [0.15, 0.2) is 5.13 Å². The summed E-state index contributed by atoms with van der Waals surface area (Å²) in [5.41, 5.74) is 3.01. The van der Waals surface area contributed by atoms with Crippen molar-refractivity contribution in [1.82, 2.24) is 9.97 Å². The fourth-order valence-corrected chi connectivity index (χ4v) is 2.96. The fraction of sp³-hybridized carbons (Fsp3) is 0.125. The van der Waals surface area contributed by atoms with E-state index in [1.165, 1.54) is 0 Å². The average Bonchev–Trinajstić information content (AvgIpc) is 3.00. The van der Waals surface area contributed by atoms with E-state index in [0.717, 1.165) is 28.8 Å². The molecule has 0 unspecified atom stereocenters. The lowest BCUT2D eigenvalue weighted by molar-refractivity contribution is 1.01. The molecule has 3 nitrogen and oxygen atoms in total. The van der Waals surface area contributed by atoms with E-state index in [2.05, 4.69) is 34.3 Å². The molecule has 0 saturated heterocycles. The lowest BCUT2D eigenvalue weighted by Crippen LogP contribution is -2.15. The molecule has 3 rings (SSSR count). The Morgan fingerprint density at radius 3 is 2.43 bits per heavy atom. The Bertz CT molecular complexity index is 670. The van der Waals surface area contributed by atoms with Crippen molar-refractivity contribution < 1.29 is 0 Å². The number of benzene rings is 1. The Labute approximate surface area is 139 Å². The minimum Gasteiger partial charge on any atom is -0.318 e. The first kappa shape index (κ1) is 15.7. The molecule has 0 amide bonds. The minimum atomic E-state index is 0. The van der Waals surface area contributed by atoms with E-state index in [0.29, 0.717) is 0 Å². The molecule has 0 radical (unpaired) electrons. The zero-order valence-electron chi connectivity index (χ0n) is 11.6. The summed E-state index contributed by atoms with van der Waals surface area (Å²) < 4.78 is 0. The molecule has 0 aliphatic heterocycles. The Morgan fingerprint density at radius 1 is 1.00 bits per heavy atom. The van der Waals surface area contributed by atoms with Crippen LogP contribution in [0.4, 0.5) is 10.8 Å². The summed E-state index contributed by atoms with van der Waals surface area (Å²) >= 11 is 1.65. The van der Waals surface area contributed by atoms with Crippen LogP contribution in [-0.2, 0) is 0 Å². The zero-order valence-corrected chi connectivity index (χ0v) is 14.2. The van der Waals surface area contributed by atoms with Gasteiger partial charge in [0, 0.05) is 23.8 Å². The second-order valence-electron chi connectivity index (χ2n) is 4.31. The molecular formula is C16H16BrN3S. The van der Waals surface area contributed by atoms with E-state index in [9.17, 15) is 0 Å². The zero-order chi connectivity index (χ0) is 13.8. The highest BCUT2D eigenvalue weighted by Crippen LogP contribution is 2.30. The monoisotopic (exact) mass is 361 g/mol. The van der Waals surface area contributed by atoms with E-state index >= 15 is 0 Å². The molecule has 3 aromatic rings. The van der Waals surface area contributed by atoms with Crippen LogP contribution in [0.3, 0.4) is 0 Å². The second-order valence-corrected chi connectivity index (χ2v) is 5.15. The van der Waals surface area contributed by atoms with Gasteiger partial charge in [-0.1, -0.05) is 24.3 Å². The number of thiazole rings is 1. The van der Waals surface area contributed by atoms with Gasteiger partial charge in [0.05, 0.1) is 5.69 Å². The number of anilines is 2. The summed E-state index contributed by atoms with van der Waals surface area (Å²) in [7, 11) is 0. The highest BCUT2D eigenvalue weighted by Gasteiger charge is 2.12. The Morgan fingerprint density at radius 2 is 1.76 bits per heavy atom. The van der Waals surface area contributed by atoms with Crippen LogP contribution in [0.1, 0.15) is 6.92 Å². The first-order valence-corrected chi connectivity index (χ1v) is 7.46. The van der Waals surface area contributed by atoms with Crippen molar-refractivity contribution in [3.05, 3.63) is 60.1 Å². The molecule has 0 bridgehead atoms. The summed E-state index contributed by atoms with van der Waals surface area (Å²) in [4.78, 5) is 11.3. The lowest BCUT2D eigenvalue weighted by Gasteiger charge is -2.19. The number of hydrogen-bond donors (Lipinski definition) is 0. The molecule has 0 aliphatic rings. The van der Waals surface area contributed by atoms with Crippen LogP contribution in [-0.4, -0.2) is 16.5 Å². The van der Waals surface area contributed by atoms with E-state index in [1.807, 2.05) is 36.4 Å². The molecule has 21 heavy (non-hydrogen) atoms. The number of halogens is 1. The number of nitrogens with zero attached hydrogens (tertiary/aromatic N) is 3. The Hall–Kier alpha value is -1.72. The van der Waals surface area contributed by atoms with Crippen LogP contribution in [0, 0.1) is 0 Å². The van der Waals surface area contributed by atoms with Crippen LogP contribution in [0.5, 0.6) is 0 Å². The Kier molecular flexibility index (Phi) is 5.47. The van der Waals surface area contributed by atoms with E-state index in [1.54, 1.807) is 17.5 Å². The molecule has 0 fully saturated rings. The highest BCUT2D eigenvalue weighted by atomic mass is 79.9. The number of rotatable bonds is 4. The molecule has 1 aromatic carbocycles. The van der Waals surface area contributed by atoms with Gasteiger partial charge < -0.3 is 4.90 Å². The van der Waals surface area contributed by atoms with Crippen LogP contribution >= 0.6 is 28.3 Å². The summed E-state index contributed by atoms with van der Waals surface area (Å²) in [5, 5.41) is 3.06. The largest absolute Gasteiger partial charge is 0.318 e. The van der Waals surface area contributed by atoms with E-state index < -0.39 is 0 Å². The summed E-state index contributed by atoms with van der Waals surface area (Å²) in [5.74, 6) is 0. The van der Waals surface area contributed by atoms with E-state index in [4.69, 9.17) is 4.98 Å². The highest BCUT2D eigenvalue weighted by molar-refractivity contribution is 8.93. The first-order valence-electron chi connectivity index (χ1n) is 6.58. The van der Waals surface area contributed by atoms with E-state index in [-0.39, 0.29) is 17.0 Å². The maximum Gasteiger partial charge on any atom is 0.190 e. The van der Waals surface area contributed by atoms with Gasteiger partial charge in [0.1, 0.15) is 5.69 Å². The van der Waals surface area contributed by atoms with Gasteiger partial charge in [-0.3, -0.25) is 4.98 Å². The first-order chi connectivity index (χ1) is 9.88. The fourth-order valence-electron chi connectivity index (χ4n) is 2.06. The number of hydrogen-bond acceptors (Lipinski definition) is 4. The topological polar surface area (TPSA) is 29.0 Å². The maximum atomic E-state index is 4.71. The molecular weight excluding hydrogens is 346 g/mol. The van der Waals surface area contributed by atoms with Crippen LogP contribution in [0.2, 0.25) is 0 Å². The van der Waals surface area contributed by atoms with Gasteiger partial charge in [0.25, 0.3) is 0 Å². The smallest absolute Gasteiger partial charge is 0.190 e. The SMILES string of the molecule is Br.CCN(c1ccccc1)c1nc(-c2ccccn2)cs1. The predicted octanol–water partition coefficient (Wildman–Crippen LogP) is 4.94. The van der Waals surface area contributed by atoms with Gasteiger partial charge in [0.2, 0.25) is 0 Å². The van der Waals surface area contributed by atoms with Crippen molar-refractivity contribution in [2.75, 3.05) is 11.4 Å². The second kappa shape index (κ2) is 7.33. The molecule has 5 heteroatoms. The normalized spacial score (nSPS) is 9.95. The summed E-state index contributed by atoms with van der Waals surface area (Å²) in [6.07, 6.45) is 1.79. The minimum absolute atomic E-state index is 0. The number of pyridine rings is 1. The summed E-state index contributed by atoms with van der Waals surface area (Å²) in [6.45, 7) is 3.02. The van der Waals surface area contributed by atoms with Crippen molar-refractivity contribution in [1.29, 1.82) is 0 Å². The van der Waals surface area contributed by atoms with Crippen molar-refractivity contribution >= 4 is 39.1 Å². The van der Waals surface area contributed by atoms with Crippen molar-refractivity contribution in [3.8, 4) is 11.4 Å². The average molecular weight is 362 g/mol. The van der Waals surface area contributed by atoms with Crippen molar-refractivity contribution in [2.24, 2.45) is 0 Å². The third-order valence-electron chi connectivity index (χ3n) is 3.03. The van der Waals surface area contributed by atoms with Gasteiger partial charge in [-0.2, -0.15) is 0 Å². The summed E-state index contributed by atoms with van der Waals surface area (Å²) in [6, 6.07) is 16.2. The molecule has 0 aliphatic carbocycles. The standard InChI is InChI=1S/C16H15N3S.BrH/c1-2-19(13-8-4-3-5-9-13)16-18-15(12-20-16)14-10-6-7-11-17-14;/h3-12H,2H2,1H3;1H. The number of para-hydroxylation sites is 1. The van der Waals surface area contributed by atoms with Crippen LogP contribution in [0.25, 0.3) is 11.4 Å². The molecule has 2 heterocycles. The third kappa shape index (κ3) is 3.49. The molecule has 0 N–H and O–H groups in total. The molecule has 0 spiro atoms. The molecule has 0 atom stereocenters. The lowest BCUT2D eigenvalue weighted by atomic mass is 10.3. The number of aromatic nitrogens is 2. The predicted molar refractivity (Wildman–Crippen MR) is 94.8 cm³/mol. The third-order valence-corrected chi connectivity index (χ3v) is 3.90. The van der Waals surface area contributed by atoms with Gasteiger partial charge >= 0.3 is 0 Å². The van der Waals surface area contributed by atoms with Gasteiger partial charge in [-0.25, -0.2) is 4.98 Å². The maximum absolute atomic E-state index is 4.71.